The zero-order valence-corrected chi connectivity index (χ0v) is 21.0. The molecule has 1 aromatic heterocycles. The number of piperazine rings is 1. The van der Waals surface area contributed by atoms with Gasteiger partial charge in [-0.05, 0) is 30.9 Å². The Kier molecular flexibility index (Phi) is 7.73. The number of amides is 1. The van der Waals surface area contributed by atoms with Gasteiger partial charge in [0.1, 0.15) is 5.75 Å². The first kappa shape index (κ1) is 24.2. The van der Waals surface area contributed by atoms with Crippen LogP contribution in [0.1, 0.15) is 22.4 Å². The minimum atomic E-state index is -3.05. The van der Waals surface area contributed by atoms with Crippen LogP contribution in [0.5, 0.6) is 5.75 Å². The third kappa shape index (κ3) is 6.35. The topological polar surface area (TPSA) is 70.2 Å². The van der Waals surface area contributed by atoms with Crippen molar-refractivity contribution in [2.45, 2.75) is 32.5 Å². The van der Waals surface area contributed by atoms with Crippen molar-refractivity contribution in [3.63, 3.8) is 0 Å². The number of sulfone groups is 1. The molecule has 2 fully saturated rings. The number of rotatable bonds is 8. The molecule has 4 rings (SSSR count). The van der Waals surface area contributed by atoms with Crippen LogP contribution in [0.25, 0.3) is 0 Å². The van der Waals surface area contributed by atoms with Crippen molar-refractivity contribution < 1.29 is 17.9 Å². The first-order valence-electron chi connectivity index (χ1n) is 11.4. The zero-order chi connectivity index (χ0) is 23.4. The first-order valence-corrected chi connectivity index (χ1v) is 14.1. The second-order valence-electron chi connectivity index (χ2n) is 9.03. The Morgan fingerprint density at radius 3 is 2.58 bits per heavy atom. The van der Waals surface area contributed by atoms with Crippen molar-refractivity contribution >= 4 is 27.1 Å². The van der Waals surface area contributed by atoms with E-state index in [2.05, 4.69) is 28.9 Å². The van der Waals surface area contributed by atoms with E-state index in [-0.39, 0.29) is 23.5 Å². The van der Waals surface area contributed by atoms with Gasteiger partial charge in [0, 0.05) is 49.2 Å². The molecule has 2 aliphatic heterocycles. The molecule has 0 unspecified atom stereocenters. The van der Waals surface area contributed by atoms with Crippen LogP contribution in [-0.2, 0) is 27.7 Å². The highest BCUT2D eigenvalue weighted by Gasteiger charge is 2.35. The van der Waals surface area contributed by atoms with Gasteiger partial charge >= 0.3 is 0 Å². The lowest BCUT2D eigenvalue weighted by Gasteiger charge is -2.36. The minimum Gasteiger partial charge on any atom is -0.496 e. The summed E-state index contributed by atoms with van der Waals surface area (Å²) in [6, 6.07) is 10.0. The molecule has 180 valence electrons. The molecule has 3 heterocycles. The highest BCUT2D eigenvalue weighted by atomic mass is 32.2. The summed E-state index contributed by atoms with van der Waals surface area (Å²) in [5.74, 6) is 1.19. The maximum atomic E-state index is 13.3. The largest absolute Gasteiger partial charge is 0.496 e. The third-order valence-corrected chi connectivity index (χ3v) is 9.14. The second-order valence-corrected chi connectivity index (χ2v) is 12.3. The molecule has 0 aliphatic carbocycles. The predicted octanol–water partition coefficient (Wildman–Crippen LogP) is 2.40. The fourth-order valence-corrected chi connectivity index (χ4v) is 7.11. The van der Waals surface area contributed by atoms with Gasteiger partial charge < -0.3 is 9.64 Å². The van der Waals surface area contributed by atoms with Gasteiger partial charge in [0.2, 0.25) is 5.91 Å². The lowest BCUT2D eigenvalue weighted by Crippen LogP contribution is -2.51. The normalized spacial score (nSPS) is 21.2. The number of ether oxygens (including phenoxy) is 1. The number of hydrogen-bond donors (Lipinski definition) is 0. The number of hydrogen-bond acceptors (Lipinski definition) is 7. The average molecular weight is 492 g/mol. The molecule has 0 spiro atoms. The molecule has 0 bridgehead atoms. The summed E-state index contributed by atoms with van der Waals surface area (Å²) < 4.78 is 29.6. The molecular weight excluding hydrogens is 458 g/mol. The maximum absolute atomic E-state index is 13.3. The fraction of sp³-hybridized carbons (Fsp3) is 0.542. The Morgan fingerprint density at radius 2 is 1.94 bits per heavy atom. The Labute approximate surface area is 200 Å². The summed E-state index contributed by atoms with van der Waals surface area (Å²) in [4.78, 5) is 20.8. The molecular formula is C24H33N3O4S2. The van der Waals surface area contributed by atoms with E-state index in [1.807, 2.05) is 23.6 Å². The van der Waals surface area contributed by atoms with Crippen LogP contribution in [0, 0.1) is 6.92 Å². The number of carbonyl (C=O) groups excluding carboxylic acids is 1. The van der Waals surface area contributed by atoms with Gasteiger partial charge in [-0.2, -0.15) is 0 Å². The van der Waals surface area contributed by atoms with Gasteiger partial charge in [-0.3, -0.25) is 14.6 Å². The number of nitrogens with zero attached hydrogens (tertiary/aromatic N) is 3. The molecule has 7 nitrogen and oxygen atoms in total. The van der Waals surface area contributed by atoms with Crippen molar-refractivity contribution in [3.05, 3.63) is 51.7 Å². The number of aryl methyl sites for hydroxylation is 1. The highest BCUT2D eigenvalue weighted by Crippen LogP contribution is 2.24. The van der Waals surface area contributed by atoms with Crippen LogP contribution in [-0.4, -0.2) is 86.4 Å². The Balaban J connectivity index is 1.34. The van der Waals surface area contributed by atoms with E-state index in [1.165, 1.54) is 11.1 Å². The summed E-state index contributed by atoms with van der Waals surface area (Å²) in [5.41, 5.74) is 2.40. The van der Waals surface area contributed by atoms with Crippen LogP contribution in [0.2, 0.25) is 0 Å². The third-order valence-electron chi connectivity index (χ3n) is 6.53. The zero-order valence-electron chi connectivity index (χ0n) is 19.4. The van der Waals surface area contributed by atoms with Crippen molar-refractivity contribution in [2.75, 3.05) is 51.3 Å². The molecule has 0 radical (unpaired) electrons. The molecule has 2 aromatic rings. The van der Waals surface area contributed by atoms with Crippen LogP contribution in [0.3, 0.4) is 0 Å². The van der Waals surface area contributed by atoms with Crippen molar-refractivity contribution in [2.24, 2.45) is 0 Å². The van der Waals surface area contributed by atoms with Crippen LogP contribution in [0.4, 0.5) is 0 Å². The summed E-state index contributed by atoms with van der Waals surface area (Å²) in [5, 5.41) is 1.99. The van der Waals surface area contributed by atoms with Crippen LogP contribution < -0.4 is 4.74 Å². The van der Waals surface area contributed by atoms with Crippen molar-refractivity contribution in [1.29, 1.82) is 0 Å². The molecule has 2 saturated heterocycles. The molecule has 0 N–H and O–H groups in total. The van der Waals surface area contributed by atoms with Gasteiger partial charge in [-0.15, -0.1) is 11.3 Å². The Bertz CT molecular complexity index is 1050. The number of carbonyl (C=O) groups is 1. The van der Waals surface area contributed by atoms with Gasteiger partial charge in [0.15, 0.2) is 9.84 Å². The van der Waals surface area contributed by atoms with Gasteiger partial charge in [0.25, 0.3) is 0 Å². The van der Waals surface area contributed by atoms with E-state index >= 15 is 0 Å². The molecule has 2 aliphatic rings. The number of methoxy groups -OCH3 is 1. The molecule has 0 saturated carbocycles. The van der Waals surface area contributed by atoms with E-state index in [4.69, 9.17) is 4.74 Å². The van der Waals surface area contributed by atoms with Gasteiger partial charge in [-0.1, -0.05) is 23.8 Å². The van der Waals surface area contributed by atoms with Crippen LogP contribution >= 0.6 is 11.3 Å². The fourth-order valence-electron chi connectivity index (χ4n) is 4.67. The number of benzene rings is 1. The molecule has 1 amide bonds. The van der Waals surface area contributed by atoms with Gasteiger partial charge in [0.05, 0.1) is 31.7 Å². The summed E-state index contributed by atoms with van der Waals surface area (Å²) in [7, 11) is -1.35. The standard InChI is InChI=1S/C24H33N3O4S2/c1-19-5-6-23(31-2)20(14-19)15-25-8-10-26(11-9-25)17-24(28)27(16-22-4-3-12-32-22)21-7-13-33(29,30)18-21/h3-6,12,14,21H,7-11,13,15-18H2,1-2H3/t21-/m1/s1. The van der Waals surface area contributed by atoms with Gasteiger partial charge in [-0.25, -0.2) is 8.42 Å². The van der Waals surface area contributed by atoms with E-state index in [1.54, 1.807) is 23.3 Å². The second kappa shape index (κ2) is 10.5. The monoisotopic (exact) mass is 491 g/mol. The van der Waals surface area contributed by atoms with E-state index < -0.39 is 9.84 Å². The van der Waals surface area contributed by atoms with E-state index in [0.717, 1.165) is 43.4 Å². The van der Waals surface area contributed by atoms with Crippen molar-refractivity contribution in [1.82, 2.24) is 14.7 Å². The SMILES string of the molecule is COc1ccc(C)cc1CN1CCN(CC(=O)N(Cc2cccs2)[C@@H]2CCS(=O)(=O)C2)CC1. The lowest BCUT2D eigenvalue weighted by molar-refractivity contribution is -0.135. The summed E-state index contributed by atoms with van der Waals surface area (Å²) in [6.07, 6.45) is 0.533. The Hall–Kier alpha value is -1.94. The van der Waals surface area contributed by atoms with Crippen LogP contribution in [0.15, 0.2) is 35.7 Å². The molecule has 1 atom stereocenters. The maximum Gasteiger partial charge on any atom is 0.237 e. The average Bonchev–Trinajstić information content (AvgIpc) is 3.42. The molecule has 9 heteroatoms. The molecule has 1 aromatic carbocycles. The highest BCUT2D eigenvalue weighted by molar-refractivity contribution is 7.91. The Morgan fingerprint density at radius 1 is 1.18 bits per heavy atom. The van der Waals surface area contributed by atoms with E-state index in [0.29, 0.717) is 19.5 Å². The summed E-state index contributed by atoms with van der Waals surface area (Å²) in [6.45, 7) is 7.14. The molecule has 33 heavy (non-hydrogen) atoms. The summed E-state index contributed by atoms with van der Waals surface area (Å²) >= 11 is 1.60. The number of thiophene rings is 1. The quantitative estimate of drug-likeness (QED) is 0.565. The smallest absolute Gasteiger partial charge is 0.237 e. The first-order chi connectivity index (χ1) is 15.8. The van der Waals surface area contributed by atoms with Crippen molar-refractivity contribution in [3.8, 4) is 5.75 Å². The predicted molar refractivity (Wildman–Crippen MR) is 131 cm³/mol. The lowest BCUT2D eigenvalue weighted by atomic mass is 10.1. The van der Waals surface area contributed by atoms with E-state index in [9.17, 15) is 13.2 Å². The minimum absolute atomic E-state index is 0.0271.